The highest BCUT2D eigenvalue weighted by Crippen LogP contribution is 2.48. The molecule has 21 heavy (non-hydrogen) atoms. The van der Waals surface area contributed by atoms with Crippen molar-refractivity contribution in [2.24, 2.45) is 0 Å². The summed E-state index contributed by atoms with van der Waals surface area (Å²) in [5.74, 6) is -1.05. The van der Waals surface area contributed by atoms with Crippen LogP contribution in [0.5, 0.6) is 0 Å². The maximum atomic E-state index is 11.5. The molecule has 2 aromatic carbocycles. The van der Waals surface area contributed by atoms with E-state index in [1.807, 2.05) is 76.2 Å². The Morgan fingerprint density at radius 2 is 1.14 bits per heavy atom. The van der Waals surface area contributed by atoms with Crippen LogP contribution in [0.25, 0.3) is 11.1 Å². The minimum Gasteiger partial charge on any atom is -0.549 e. The molecule has 0 radical (unpaired) electrons. The van der Waals surface area contributed by atoms with Gasteiger partial charge in [0.1, 0.15) is 0 Å². The lowest BCUT2D eigenvalue weighted by atomic mass is 9.80. The van der Waals surface area contributed by atoms with Gasteiger partial charge in [0.05, 0.1) is 11.4 Å². The van der Waals surface area contributed by atoms with Gasteiger partial charge >= 0.3 is 0 Å². The predicted octanol–water partition coefficient (Wildman–Crippen LogP) is 3.78. The van der Waals surface area contributed by atoms with Crippen molar-refractivity contribution in [1.82, 2.24) is 0 Å². The average Bonchev–Trinajstić information content (AvgIpc) is 2.83. The molecule has 0 fully saturated rings. The highest BCUT2D eigenvalue weighted by atomic mass is 16.4. The van der Waals surface area contributed by atoms with Gasteiger partial charge in [-0.25, -0.2) is 0 Å². The van der Waals surface area contributed by atoms with Crippen molar-refractivity contribution < 1.29 is 9.90 Å². The quantitative estimate of drug-likeness (QED) is 0.799. The average molecular weight is 283 g/mol. The molecule has 0 atom stereocenters. The van der Waals surface area contributed by atoms with Crippen LogP contribution in [0.2, 0.25) is 0 Å². The lowest BCUT2D eigenvalue weighted by Crippen LogP contribution is -2.43. The maximum Gasteiger partial charge on any atom is 0.0581 e. The Balaban J connectivity index is 0.000000510. The zero-order valence-corrected chi connectivity index (χ0v) is 13.4. The van der Waals surface area contributed by atoms with Crippen LogP contribution in [0.15, 0.2) is 48.5 Å². The summed E-state index contributed by atoms with van der Waals surface area (Å²) in [7, 11) is 0. The molecule has 0 saturated heterocycles. The summed E-state index contributed by atoms with van der Waals surface area (Å²) < 4.78 is 0. The Hall–Kier alpha value is -2.09. The third-order valence-electron chi connectivity index (χ3n) is 3.63. The number of carbonyl (C=O) groups is 1. The van der Waals surface area contributed by atoms with E-state index < -0.39 is 11.4 Å². The van der Waals surface area contributed by atoms with Crippen molar-refractivity contribution in [3.63, 3.8) is 0 Å². The number of benzene rings is 2. The zero-order chi connectivity index (χ0) is 16.0. The first-order valence-electron chi connectivity index (χ1n) is 7.56. The fraction of sp³-hybridized carbons (Fsp3) is 0.316. The van der Waals surface area contributed by atoms with E-state index in [9.17, 15) is 9.90 Å². The first-order valence-corrected chi connectivity index (χ1v) is 7.56. The van der Waals surface area contributed by atoms with Crippen LogP contribution in [-0.4, -0.2) is 5.97 Å². The Morgan fingerprint density at radius 3 is 1.48 bits per heavy atom. The van der Waals surface area contributed by atoms with Gasteiger partial charge in [-0.2, -0.15) is 0 Å². The molecule has 0 N–H and O–H groups in total. The van der Waals surface area contributed by atoms with Gasteiger partial charge in [0, 0.05) is 0 Å². The number of carboxylic acid groups (broad SMARTS) is 1. The summed E-state index contributed by atoms with van der Waals surface area (Å²) in [5.41, 5.74) is 2.60. The van der Waals surface area contributed by atoms with Gasteiger partial charge < -0.3 is 9.90 Å². The van der Waals surface area contributed by atoms with E-state index >= 15 is 0 Å². The van der Waals surface area contributed by atoms with Gasteiger partial charge in [-0.1, -0.05) is 76.2 Å². The third kappa shape index (κ3) is 2.58. The van der Waals surface area contributed by atoms with E-state index in [0.717, 1.165) is 22.3 Å². The molecule has 0 spiro atoms. The SMILES string of the molecule is CC.CC.CC1(C(=O)[O-])c2ccccc2-c2ccccc21. The zero-order valence-electron chi connectivity index (χ0n) is 13.4. The lowest BCUT2D eigenvalue weighted by molar-refractivity contribution is -0.311. The van der Waals surface area contributed by atoms with E-state index in [1.165, 1.54) is 0 Å². The van der Waals surface area contributed by atoms with E-state index in [0.29, 0.717) is 0 Å². The molecule has 1 aliphatic carbocycles. The first-order chi connectivity index (χ1) is 10.2. The van der Waals surface area contributed by atoms with E-state index in [2.05, 4.69) is 0 Å². The third-order valence-corrected chi connectivity index (χ3v) is 3.63. The molecule has 0 unspecified atom stereocenters. The summed E-state index contributed by atoms with van der Waals surface area (Å²) in [5, 5.41) is 11.5. The van der Waals surface area contributed by atoms with E-state index in [4.69, 9.17) is 0 Å². The number of carbonyl (C=O) groups excluding carboxylic acids is 1. The molecule has 2 heteroatoms. The van der Waals surface area contributed by atoms with Gasteiger partial charge in [0.2, 0.25) is 0 Å². The molecule has 0 aromatic heterocycles. The molecule has 0 aliphatic heterocycles. The minimum absolute atomic E-state index is 0.821. The van der Waals surface area contributed by atoms with E-state index in [1.54, 1.807) is 6.92 Å². The fourth-order valence-corrected chi connectivity index (χ4v) is 2.67. The number of aliphatic carboxylic acids is 1. The van der Waals surface area contributed by atoms with Gasteiger partial charge in [-0.3, -0.25) is 0 Å². The molecular weight excluding hydrogens is 260 g/mol. The highest BCUT2D eigenvalue weighted by Gasteiger charge is 2.39. The molecule has 2 nitrogen and oxygen atoms in total. The topological polar surface area (TPSA) is 40.1 Å². The Kier molecular flexibility index (Phi) is 5.71. The second-order valence-corrected chi connectivity index (χ2v) is 4.50. The number of rotatable bonds is 1. The Labute approximate surface area is 127 Å². The van der Waals surface area contributed by atoms with Crippen LogP contribution in [0.1, 0.15) is 45.7 Å². The molecule has 112 valence electrons. The Morgan fingerprint density at radius 1 is 0.810 bits per heavy atom. The molecule has 0 bridgehead atoms. The number of hydrogen-bond donors (Lipinski definition) is 0. The Bertz CT molecular complexity index is 569. The molecule has 3 rings (SSSR count). The lowest BCUT2D eigenvalue weighted by Gasteiger charge is -2.28. The van der Waals surface area contributed by atoms with Crippen LogP contribution in [0.4, 0.5) is 0 Å². The van der Waals surface area contributed by atoms with Crippen LogP contribution >= 0.6 is 0 Å². The van der Waals surface area contributed by atoms with Crippen molar-refractivity contribution in [3.8, 4) is 11.1 Å². The van der Waals surface area contributed by atoms with Crippen molar-refractivity contribution in [1.29, 1.82) is 0 Å². The highest BCUT2D eigenvalue weighted by molar-refractivity contribution is 5.95. The van der Waals surface area contributed by atoms with Gasteiger partial charge in [-0.05, 0) is 29.2 Å². The maximum absolute atomic E-state index is 11.5. The van der Waals surface area contributed by atoms with Crippen LogP contribution in [-0.2, 0) is 10.2 Å². The first kappa shape index (κ1) is 17.0. The van der Waals surface area contributed by atoms with Crippen LogP contribution in [0, 0.1) is 0 Å². The van der Waals surface area contributed by atoms with E-state index in [-0.39, 0.29) is 0 Å². The normalized spacial score (nSPS) is 12.8. The van der Waals surface area contributed by atoms with Crippen LogP contribution < -0.4 is 5.11 Å². The molecule has 0 amide bonds. The second-order valence-electron chi connectivity index (χ2n) is 4.50. The molecule has 1 aliphatic rings. The van der Waals surface area contributed by atoms with Crippen molar-refractivity contribution >= 4 is 5.97 Å². The largest absolute Gasteiger partial charge is 0.549 e. The summed E-state index contributed by atoms with van der Waals surface area (Å²) in [6.07, 6.45) is 0. The summed E-state index contributed by atoms with van der Waals surface area (Å²) >= 11 is 0. The van der Waals surface area contributed by atoms with Gasteiger partial charge in [-0.15, -0.1) is 0 Å². The minimum atomic E-state index is -1.05. The summed E-state index contributed by atoms with van der Waals surface area (Å²) in [6, 6.07) is 15.2. The standard InChI is InChI=1S/C15H12O2.2C2H6/c1-15(14(16)17)12-8-4-2-6-10(12)11-7-3-5-9-13(11)15;2*1-2/h2-9H,1H3,(H,16,17);2*1-2H3/p-1. The predicted molar refractivity (Wildman–Crippen MR) is 86.0 cm³/mol. The molecular formula is C19H23O2-. The smallest absolute Gasteiger partial charge is 0.0581 e. The van der Waals surface area contributed by atoms with Crippen molar-refractivity contribution in [2.75, 3.05) is 0 Å². The summed E-state index contributed by atoms with van der Waals surface area (Å²) in [4.78, 5) is 11.5. The molecule has 0 heterocycles. The monoisotopic (exact) mass is 283 g/mol. The molecule has 2 aromatic rings. The van der Waals surface area contributed by atoms with Crippen molar-refractivity contribution in [3.05, 3.63) is 59.7 Å². The van der Waals surface area contributed by atoms with Gasteiger partial charge in [0.15, 0.2) is 0 Å². The second kappa shape index (κ2) is 7.07. The van der Waals surface area contributed by atoms with Gasteiger partial charge in [0.25, 0.3) is 0 Å². The summed E-state index contributed by atoms with van der Waals surface area (Å²) in [6.45, 7) is 9.72. The van der Waals surface area contributed by atoms with Crippen LogP contribution in [0.3, 0.4) is 0 Å². The van der Waals surface area contributed by atoms with Crippen molar-refractivity contribution in [2.45, 2.75) is 40.0 Å². The number of carboxylic acids is 1. The fourth-order valence-electron chi connectivity index (χ4n) is 2.67. The number of hydrogen-bond acceptors (Lipinski definition) is 2. The molecule has 0 saturated carbocycles. The number of fused-ring (bicyclic) bond motifs is 3.